The number of ether oxygens (including phenoxy) is 1. The van der Waals surface area contributed by atoms with Crippen molar-refractivity contribution in [2.75, 3.05) is 13.2 Å². The lowest BCUT2D eigenvalue weighted by atomic mass is 10.2. The SMILES string of the molecule is CCCCOC(=O)NC(C)CCN. The maximum absolute atomic E-state index is 11.0. The van der Waals surface area contributed by atoms with Gasteiger partial charge in [-0.2, -0.15) is 0 Å². The van der Waals surface area contributed by atoms with Gasteiger partial charge in [-0.05, 0) is 26.3 Å². The molecule has 78 valence electrons. The Labute approximate surface area is 79.8 Å². The minimum atomic E-state index is -0.339. The first-order valence-electron chi connectivity index (χ1n) is 4.84. The summed E-state index contributed by atoms with van der Waals surface area (Å²) in [5.41, 5.74) is 5.33. The first-order chi connectivity index (χ1) is 6.20. The van der Waals surface area contributed by atoms with Crippen LogP contribution in [-0.2, 0) is 4.74 Å². The van der Waals surface area contributed by atoms with Crippen LogP contribution < -0.4 is 11.1 Å². The summed E-state index contributed by atoms with van der Waals surface area (Å²) in [6.07, 6.45) is 2.39. The van der Waals surface area contributed by atoms with E-state index in [9.17, 15) is 4.79 Å². The van der Waals surface area contributed by atoms with Crippen molar-refractivity contribution in [3.05, 3.63) is 0 Å². The molecule has 0 spiro atoms. The Morgan fingerprint density at radius 2 is 2.31 bits per heavy atom. The van der Waals surface area contributed by atoms with Crippen molar-refractivity contribution in [2.24, 2.45) is 5.73 Å². The highest BCUT2D eigenvalue weighted by Gasteiger charge is 2.06. The smallest absolute Gasteiger partial charge is 0.407 e. The van der Waals surface area contributed by atoms with Gasteiger partial charge in [-0.1, -0.05) is 13.3 Å². The Balaban J connectivity index is 3.38. The molecule has 0 radical (unpaired) electrons. The van der Waals surface area contributed by atoms with Crippen LogP contribution in [0.1, 0.15) is 33.1 Å². The first-order valence-corrected chi connectivity index (χ1v) is 4.84. The molecule has 0 aromatic heterocycles. The number of hydrogen-bond donors (Lipinski definition) is 2. The molecule has 0 aromatic carbocycles. The Kier molecular flexibility index (Phi) is 7.39. The van der Waals surface area contributed by atoms with Gasteiger partial charge in [0.15, 0.2) is 0 Å². The van der Waals surface area contributed by atoms with Crippen LogP contribution in [0.15, 0.2) is 0 Å². The number of carbonyl (C=O) groups is 1. The van der Waals surface area contributed by atoms with Gasteiger partial charge in [0.05, 0.1) is 6.61 Å². The normalized spacial score (nSPS) is 12.2. The molecular formula is C9H20N2O2. The number of nitrogens with one attached hydrogen (secondary N) is 1. The maximum Gasteiger partial charge on any atom is 0.407 e. The quantitative estimate of drug-likeness (QED) is 0.616. The Morgan fingerprint density at radius 1 is 1.62 bits per heavy atom. The molecule has 0 aliphatic rings. The molecule has 1 unspecified atom stereocenters. The van der Waals surface area contributed by atoms with Gasteiger partial charge in [0, 0.05) is 6.04 Å². The number of nitrogens with two attached hydrogens (primary N) is 1. The zero-order valence-corrected chi connectivity index (χ0v) is 8.51. The summed E-state index contributed by atoms with van der Waals surface area (Å²) in [6.45, 7) is 5.04. The van der Waals surface area contributed by atoms with Gasteiger partial charge in [-0.15, -0.1) is 0 Å². The molecule has 0 fully saturated rings. The second-order valence-electron chi connectivity index (χ2n) is 3.11. The topological polar surface area (TPSA) is 64.3 Å². The Morgan fingerprint density at radius 3 is 2.85 bits per heavy atom. The van der Waals surface area contributed by atoms with Gasteiger partial charge in [0.1, 0.15) is 0 Å². The minimum absolute atomic E-state index is 0.0964. The number of hydrogen-bond acceptors (Lipinski definition) is 3. The van der Waals surface area contributed by atoms with Crippen LogP contribution in [0.3, 0.4) is 0 Å². The molecule has 0 aliphatic heterocycles. The van der Waals surface area contributed by atoms with E-state index in [1.807, 2.05) is 6.92 Å². The van der Waals surface area contributed by atoms with E-state index >= 15 is 0 Å². The maximum atomic E-state index is 11.0. The van der Waals surface area contributed by atoms with Crippen molar-refractivity contribution in [3.8, 4) is 0 Å². The average molecular weight is 188 g/mol. The van der Waals surface area contributed by atoms with Gasteiger partial charge in [-0.3, -0.25) is 0 Å². The third kappa shape index (κ3) is 7.59. The second-order valence-corrected chi connectivity index (χ2v) is 3.11. The summed E-state index contributed by atoms with van der Waals surface area (Å²) in [5.74, 6) is 0. The molecular weight excluding hydrogens is 168 g/mol. The predicted octanol–water partition coefficient (Wildman–Crippen LogP) is 1.25. The molecule has 0 aliphatic carbocycles. The van der Waals surface area contributed by atoms with E-state index in [0.29, 0.717) is 13.2 Å². The van der Waals surface area contributed by atoms with Crippen molar-refractivity contribution in [3.63, 3.8) is 0 Å². The van der Waals surface area contributed by atoms with Crippen LogP contribution >= 0.6 is 0 Å². The van der Waals surface area contributed by atoms with Crippen LogP contribution in [0.2, 0.25) is 0 Å². The van der Waals surface area contributed by atoms with Crippen LogP contribution in [0.5, 0.6) is 0 Å². The molecule has 4 nitrogen and oxygen atoms in total. The van der Waals surface area contributed by atoms with Gasteiger partial charge in [-0.25, -0.2) is 4.79 Å². The highest BCUT2D eigenvalue weighted by atomic mass is 16.5. The lowest BCUT2D eigenvalue weighted by Crippen LogP contribution is -2.34. The van der Waals surface area contributed by atoms with Gasteiger partial charge < -0.3 is 15.8 Å². The van der Waals surface area contributed by atoms with E-state index in [4.69, 9.17) is 10.5 Å². The molecule has 0 aromatic rings. The molecule has 13 heavy (non-hydrogen) atoms. The third-order valence-electron chi connectivity index (χ3n) is 1.69. The van der Waals surface area contributed by atoms with Crippen molar-refractivity contribution < 1.29 is 9.53 Å². The summed E-state index contributed by atoms with van der Waals surface area (Å²) in [5, 5.41) is 2.70. The van der Waals surface area contributed by atoms with Crippen LogP contribution in [0.25, 0.3) is 0 Å². The van der Waals surface area contributed by atoms with E-state index in [2.05, 4.69) is 12.2 Å². The fraction of sp³-hybridized carbons (Fsp3) is 0.889. The van der Waals surface area contributed by atoms with Crippen molar-refractivity contribution >= 4 is 6.09 Å². The highest BCUT2D eigenvalue weighted by molar-refractivity contribution is 5.67. The Bertz CT molecular complexity index is 140. The molecule has 1 amide bonds. The number of unbranched alkanes of at least 4 members (excludes halogenated alkanes) is 1. The second kappa shape index (κ2) is 7.86. The zero-order chi connectivity index (χ0) is 10.1. The summed E-state index contributed by atoms with van der Waals surface area (Å²) >= 11 is 0. The molecule has 4 heteroatoms. The third-order valence-corrected chi connectivity index (χ3v) is 1.69. The van der Waals surface area contributed by atoms with Crippen LogP contribution in [0.4, 0.5) is 4.79 Å². The number of alkyl carbamates (subject to hydrolysis) is 1. The lowest BCUT2D eigenvalue weighted by Gasteiger charge is -2.12. The fourth-order valence-electron chi connectivity index (χ4n) is 0.874. The predicted molar refractivity (Wildman–Crippen MR) is 52.5 cm³/mol. The van der Waals surface area contributed by atoms with Gasteiger partial charge in [0.2, 0.25) is 0 Å². The van der Waals surface area contributed by atoms with Gasteiger partial charge in [0.25, 0.3) is 0 Å². The fourth-order valence-corrected chi connectivity index (χ4v) is 0.874. The summed E-state index contributed by atoms with van der Waals surface area (Å²) < 4.78 is 4.91. The summed E-state index contributed by atoms with van der Waals surface area (Å²) in [7, 11) is 0. The van der Waals surface area contributed by atoms with Crippen LogP contribution in [-0.4, -0.2) is 25.3 Å². The van der Waals surface area contributed by atoms with E-state index in [0.717, 1.165) is 19.3 Å². The monoisotopic (exact) mass is 188 g/mol. The largest absolute Gasteiger partial charge is 0.450 e. The molecule has 1 atom stereocenters. The van der Waals surface area contributed by atoms with Crippen molar-refractivity contribution in [1.82, 2.24) is 5.32 Å². The number of rotatable bonds is 6. The first kappa shape index (κ1) is 12.2. The lowest BCUT2D eigenvalue weighted by molar-refractivity contribution is 0.141. The van der Waals surface area contributed by atoms with E-state index in [1.165, 1.54) is 0 Å². The zero-order valence-electron chi connectivity index (χ0n) is 8.51. The minimum Gasteiger partial charge on any atom is -0.450 e. The number of amides is 1. The molecule has 0 saturated heterocycles. The average Bonchev–Trinajstić information content (AvgIpc) is 2.05. The standard InChI is InChI=1S/C9H20N2O2/c1-3-4-7-13-9(12)11-8(2)5-6-10/h8H,3-7,10H2,1-2H3,(H,11,12). The van der Waals surface area contributed by atoms with Crippen LogP contribution in [0, 0.1) is 0 Å². The summed E-state index contributed by atoms with van der Waals surface area (Å²) in [4.78, 5) is 11.0. The van der Waals surface area contributed by atoms with Crippen molar-refractivity contribution in [2.45, 2.75) is 39.2 Å². The van der Waals surface area contributed by atoms with Crippen molar-refractivity contribution in [1.29, 1.82) is 0 Å². The van der Waals surface area contributed by atoms with Gasteiger partial charge >= 0.3 is 6.09 Å². The summed E-state index contributed by atoms with van der Waals surface area (Å²) in [6, 6.07) is 0.0964. The molecule has 0 saturated carbocycles. The molecule has 0 heterocycles. The highest BCUT2D eigenvalue weighted by Crippen LogP contribution is 1.91. The van der Waals surface area contributed by atoms with E-state index in [1.54, 1.807) is 0 Å². The Hall–Kier alpha value is -0.770. The van der Waals surface area contributed by atoms with E-state index in [-0.39, 0.29) is 12.1 Å². The van der Waals surface area contributed by atoms with E-state index < -0.39 is 0 Å². The molecule has 0 rings (SSSR count). The molecule has 3 N–H and O–H groups in total. The molecule has 0 bridgehead atoms. The number of carbonyl (C=O) groups excluding carboxylic acids is 1.